The predicted octanol–water partition coefficient (Wildman–Crippen LogP) is 3.81. The number of hydrogen-bond acceptors (Lipinski definition) is 2. The first-order valence-corrected chi connectivity index (χ1v) is 6.83. The molecule has 0 fully saturated rings. The number of nitrogens with zero attached hydrogens (tertiary/aromatic N) is 1. The molecule has 17 heavy (non-hydrogen) atoms. The molecular formula is C15H24N2. The molecule has 0 radical (unpaired) electrons. The molecule has 1 heterocycles. The highest BCUT2D eigenvalue weighted by Gasteiger charge is 2.17. The Morgan fingerprint density at radius 3 is 2.82 bits per heavy atom. The summed E-state index contributed by atoms with van der Waals surface area (Å²) in [7, 11) is 0. The third kappa shape index (κ3) is 2.99. The number of fused-ring (bicyclic) bond motifs is 1. The predicted molar refractivity (Wildman–Crippen MR) is 73.4 cm³/mol. The van der Waals surface area contributed by atoms with E-state index in [4.69, 9.17) is 0 Å². The van der Waals surface area contributed by atoms with Gasteiger partial charge < -0.3 is 5.32 Å². The zero-order chi connectivity index (χ0) is 12.3. The van der Waals surface area contributed by atoms with Gasteiger partial charge in [0.25, 0.3) is 0 Å². The first-order valence-electron chi connectivity index (χ1n) is 6.83. The minimum Gasteiger partial charge on any atom is -0.384 e. The van der Waals surface area contributed by atoms with Crippen LogP contribution in [0, 0.1) is 5.41 Å². The third-order valence-corrected chi connectivity index (χ3v) is 3.95. The molecule has 1 aliphatic carbocycles. The van der Waals surface area contributed by atoms with Crippen LogP contribution in [0.25, 0.3) is 0 Å². The highest BCUT2D eigenvalue weighted by molar-refractivity contribution is 5.53. The topological polar surface area (TPSA) is 24.9 Å². The zero-order valence-electron chi connectivity index (χ0n) is 11.3. The van der Waals surface area contributed by atoms with Gasteiger partial charge in [-0.15, -0.1) is 0 Å². The maximum absolute atomic E-state index is 4.50. The van der Waals surface area contributed by atoms with Crippen molar-refractivity contribution in [3.63, 3.8) is 0 Å². The molecule has 0 amide bonds. The van der Waals surface area contributed by atoms with Gasteiger partial charge in [-0.25, -0.2) is 0 Å². The Hall–Kier alpha value is -1.05. The molecule has 0 unspecified atom stereocenters. The van der Waals surface area contributed by atoms with Crippen LogP contribution in [0.2, 0.25) is 0 Å². The average molecular weight is 232 g/mol. The minimum atomic E-state index is 0.366. The van der Waals surface area contributed by atoms with E-state index in [0.717, 1.165) is 13.0 Å². The molecule has 2 nitrogen and oxygen atoms in total. The van der Waals surface area contributed by atoms with Crippen molar-refractivity contribution in [2.75, 3.05) is 11.9 Å². The van der Waals surface area contributed by atoms with E-state index in [1.54, 1.807) is 0 Å². The molecule has 0 aliphatic heterocycles. The molecule has 1 aliphatic rings. The van der Waals surface area contributed by atoms with E-state index in [1.165, 1.54) is 42.6 Å². The van der Waals surface area contributed by atoms with Crippen molar-refractivity contribution < 1.29 is 0 Å². The summed E-state index contributed by atoms with van der Waals surface area (Å²) < 4.78 is 0. The smallest absolute Gasteiger partial charge is 0.0456 e. The first-order chi connectivity index (χ1) is 8.12. The molecule has 0 atom stereocenters. The summed E-state index contributed by atoms with van der Waals surface area (Å²) in [5.74, 6) is 0. The van der Waals surface area contributed by atoms with Crippen molar-refractivity contribution in [2.24, 2.45) is 5.41 Å². The molecular weight excluding hydrogens is 208 g/mol. The van der Waals surface area contributed by atoms with E-state index >= 15 is 0 Å². The lowest BCUT2D eigenvalue weighted by molar-refractivity contribution is 0.377. The molecule has 1 aromatic heterocycles. The molecule has 0 saturated heterocycles. The van der Waals surface area contributed by atoms with Gasteiger partial charge in [0.05, 0.1) is 0 Å². The van der Waals surface area contributed by atoms with Gasteiger partial charge in [0, 0.05) is 24.1 Å². The number of aromatic nitrogens is 1. The van der Waals surface area contributed by atoms with Crippen LogP contribution in [0.5, 0.6) is 0 Å². The third-order valence-electron chi connectivity index (χ3n) is 3.95. The van der Waals surface area contributed by atoms with Crippen LogP contribution in [-0.4, -0.2) is 11.5 Å². The van der Waals surface area contributed by atoms with Crippen LogP contribution in [0.3, 0.4) is 0 Å². The van der Waals surface area contributed by atoms with E-state index in [2.05, 4.69) is 37.1 Å². The Labute approximate surface area is 105 Å². The first kappa shape index (κ1) is 12.4. The Bertz CT molecular complexity index is 383. The SMILES string of the molecule is CCC(C)(C)CNc1ccnc2c1CCCC2. The van der Waals surface area contributed by atoms with Crippen molar-refractivity contribution >= 4 is 5.69 Å². The lowest BCUT2D eigenvalue weighted by atomic mass is 9.89. The van der Waals surface area contributed by atoms with Crippen LogP contribution in [0.4, 0.5) is 5.69 Å². The Morgan fingerprint density at radius 1 is 1.29 bits per heavy atom. The number of pyridine rings is 1. The summed E-state index contributed by atoms with van der Waals surface area (Å²) in [5, 5.41) is 3.62. The van der Waals surface area contributed by atoms with Crippen molar-refractivity contribution in [1.82, 2.24) is 4.98 Å². The fourth-order valence-electron chi connectivity index (χ4n) is 2.25. The second-order valence-corrected chi connectivity index (χ2v) is 5.86. The molecule has 0 aromatic carbocycles. The van der Waals surface area contributed by atoms with Gasteiger partial charge in [0.15, 0.2) is 0 Å². The number of nitrogens with one attached hydrogen (secondary N) is 1. The van der Waals surface area contributed by atoms with Crippen molar-refractivity contribution in [1.29, 1.82) is 0 Å². The van der Waals surface area contributed by atoms with Crippen LogP contribution in [-0.2, 0) is 12.8 Å². The van der Waals surface area contributed by atoms with E-state index < -0.39 is 0 Å². The number of anilines is 1. The molecule has 2 rings (SSSR count). The largest absolute Gasteiger partial charge is 0.384 e. The maximum atomic E-state index is 4.50. The monoisotopic (exact) mass is 232 g/mol. The summed E-state index contributed by atoms with van der Waals surface area (Å²) in [4.78, 5) is 4.50. The van der Waals surface area contributed by atoms with Crippen molar-refractivity contribution in [3.05, 3.63) is 23.5 Å². The maximum Gasteiger partial charge on any atom is 0.0456 e. The van der Waals surface area contributed by atoms with Crippen molar-refractivity contribution in [3.8, 4) is 0 Å². The molecule has 2 heteroatoms. The van der Waals surface area contributed by atoms with Gasteiger partial charge in [-0.2, -0.15) is 0 Å². The highest BCUT2D eigenvalue weighted by atomic mass is 14.9. The fourth-order valence-corrected chi connectivity index (χ4v) is 2.25. The van der Waals surface area contributed by atoms with Gasteiger partial charge in [0.1, 0.15) is 0 Å². The van der Waals surface area contributed by atoms with E-state index in [0.29, 0.717) is 5.41 Å². The Kier molecular flexibility index (Phi) is 3.70. The van der Waals surface area contributed by atoms with Gasteiger partial charge >= 0.3 is 0 Å². The van der Waals surface area contributed by atoms with E-state index in [-0.39, 0.29) is 0 Å². The van der Waals surface area contributed by atoms with E-state index in [9.17, 15) is 0 Å². The molecule has 1 N–H and O–H groups in total. The summed E-state index contributed by atoms with van der Waals surface area (Å²) in [6.07, 6.45) is 8.10. The Morgan fingerprint density at radius 2 is 2.06 bits per heavy atom. The normalized spacial score (nSPS) is 15.5. The highest BCUT2D eigenvalue weighted by Crippen LogP contribution is 2.28. The van der Waals surface area contributed by atoms with Gasteiger partial charge in [-0.05, 0) is 49.1 Å². The molecule has 94 valence electrons. The quantitative estimate of drug-likeness (QED) is 0.854. The van der Waals surface area contributed by atoms with Crippen molar-refractivity contribution in [2.45, 2.75) is 52.9 Å². The van der Waals surface area contributed by atoms with Gasteiger partial charge in [0.2, 0.25) is 0 Å². The number of aryl methyl sites for hydroxylation is 1. The second kappa shape index (κ2) is 5.07. The standard InChI is InChI=1S/C15H24N2/c1-4-15(2,3)11-17-14-9-10-16-13-8-6-5-7-12(13)14/h9-10H,4-8,11H2,1-3H3,(H,16,17). The average Bonchev–Trinajstić information content (AvgIpc) is 2.36. The lowest BCUT2D eigenvalue weighted by Crippen LogP contribution is -2.23. The number of rotatable bonds is 4. The van der Waals surface area contributed by atoms with Gasteiger partial charge in [-0.3, -0.25) is 4.98 Å². The minimum absolute atomic E-state index is 0.366. The van der Waals surface area contributed by atoms with Crippen LogP contribution < -0.4 is 5.32 Å². The lowest BCUT2D eigenvalue weighted by Gasteiger charge is -2.26. The zero-order valence-corrected chi connectivity index (χ0v) is 11.3. The summed E-state index contributed by atoms with van der Waals surface area (Å²) in [5.41, 5.74) is 4.46. The van der Waals surface area contributed by atoms with Crippen LogP contribution in [0.1, 0.15) is 51.3 Å². The summed E-state index contributed by atoms with van der Waals surface area (Å²) in [6.45, 7) is 7.92. The second-order valence-electron chi connectivity index (χ2n) is 5.86. The van der Waals surface area contributed by atoms with E-state index in [1.807, 2.05) is 6.20 Å². The molecule has 0 spiro atoms. The van der Waals surface area contributed by atoms with Crippen LogP contribution in [0.15, 0.2) is 12.3 Å². The van der Waals surface area contributed by atoms with Crippen LogP contribution >= 0.6 is 0 Å². The summed E-state index contributed by atoms with van der Waals surface area (Å²) >= 11 is 0. The molecule has 0 saturated carbocycles. The van der Waals surface area contributed by atoms with Gasteiger partial charge in [-0.1, -0.05) is 20.8 Å². The molecule has 1 aromatic rings. The fraction of sp³-hybridized carbons (Fsp3) is 0.667. The molecule has 0 bridgehead atoms. The number of hydrogen-bond donors (Lipinski definition) is 1. The summed E-state index contributed by atoms with van der Waals surface area (Å²) in [6, 6.07) is 2.13. The Balaban J connectivity index is 2.11.